The van der Waals surface area contributed by atoms with E-state index < -0.39 is 0 Å². The summed E-state index contributed by atoms with van der Waals surface area (Å²) in [6, 6.07) is 17.2. The van der Waals surface area contributed by atoms with E-state index in [1.54, 1.807) is 0 Å². The third kappa shape index (κ3) is 5.16. The van der Waals surface area contributed by atoms with Crippen LogP contribution in [-0.4, -0.2) is 58.2 Å². The first-order valence-electron chi connectivity index (χ1n) is 10.8. The normalized spacial score (nSPS) is 17.5. The van der Waals surface area contributed by atoms with Crippen LogP contribution >= 0.6 is 0 Å². The molecule has 7 nitrogen and oxygen atoms in total. The Labute approximate surface area is 178 Å². The fourth-order valence-corrected chi connectivity index (χ4v) is 4.10. The Morgan fingerprint density at radius 3 is 2.83 bits per heavy atom. The second kappa shape index (κ2) is 10.2. The van der Waals surface area contributed by atoms with E-state index in [1.165, 1.54) is 24.9 Å². The van der Waals surface area contributed by atoms with Gasteiger partial charge in [0.1, 0.15) is 5.82 Å². The van der Waals surface area contributed by atoms with E-state index in [0.29, 0.717) is 6.04 Å². The van der Waals surface area contributed by atoms with Crippen molar-refractivity contribution in [2.45, 2.75) is 38.3 Å². The zero-order valence-electron chi connectivity index (χ0n) is 17.7. The maximum Gasteiger partial charge on any atom is 0.191 e. The topological polar surface area (TPSA) is 69.8 Å². The van der Waals surface area contributed by atoms with Gasteiger partial charge >= 0.3 is 0 Å². The van der Waals surface area contributed by atoms with Crippen LogP contribution in [0.1, 0.15) is 30.7 Å². The van der Waals surface area contributed by atoms with Crippen LogP contribution in [0.3, 0.4) is 0 Å². The molecular formula is C23H31N7. The Kier molecular flexibility index (Phi) is 6.92. The Hall–Kier alpha value is -2.93. The molecule has 1 aliphatic heterocycles. The van der Waals surface area contributed by atoms with Gasteiger partial charge in [-0.15, -0.1) is 10.2 Å². The number of aromatic nitrogens is 3. The molecular weight excluding hydrogens is 374 g/mol. The summed E-state index contributed by atoms with van der Waals surface area (Å²) < 4.78 is 2.05. The van der Waals surface area contributed by atoms with Crippen molar-refractivity contribution >= 4 is 11.6 Å². The number of aliphatic imine (C=N–C) groups is 1. The van der Waals surface area contributed by atoms with Crippen LogP contribution in [0, 0.1) is 0 Å². The molecule has 0 aliphatic carbocycles. The van der Waals surface area contributed by atoms with E-state index in [0.717, 1.165) is 49.9 Å². The molecule has 0 spiro atoms. The minimum Gasteiger partial charge on any atom is -0.356 e. The summed E-state index contributed by atoms with van der Waals surface area (Å²) in [4.78, 5) is 6.96. The van der Waals surface area contributed by atoms with Gasteiger partial charge in [-0.25, -0.2) is 0 Å². The largest absolute Gasteiger partial charge is 0.356 e. The number of hydrogen-bond donors (Lipinski definition) is 2. The van der Waals surface area contributed by atoms with Crippen LogP contribution in [0.2, 0.25) is 0 Å². The van der Waals surface area contributed by atoms with Crippen molar-refractivity contribution in [3.8, 4) is 0 Å². The first-order valence-corrected chi connectivity index (χ1v) is 10.8. The van der Waals surface area contributed by atoms with Gasteiger partial charge in [-0.3, -0.25) is 14.3 Å². The van der Waals surface area contributed by atoms with Gasteiger partial charge in [0.15, 0.2) is 11.6 Å². The number of pyridine rings is 1. The number of benzene rings is 1. The Balaban J connectivity index is 1.20. The van der Waals surface area contributed by atoms with Gasteiger partial charge in [-0.2, -0.15) is 0 Å². The predicted octanol–water partition coefficient (Wildman–Crippen LogP) is 2.49. The molecule has 1 saturated heterocycles. The Morgan fingerprint density at radius 2 is 1.97 bits per heavy atom. The average Bonchev–Trinajstić information content (AvgIpc) is 3.41. The minimum absolute atomic E-state index is 0.547. The molecule has 3 aromatic rings. The molecule has 0 saturated carbocycles. The quantitative estimate of drug-likeness (QED) is 0.342. The molecule has 0 radical (unpaired) electrons. The van der Waals surface area contributed by atoms with E-state index >= 15 is 0 Å². The summed E-state index contributed by atoms with van der Waals surface area (Å²) in [5.74, 6) is 1.87. The molecule has 30 heavy (non-hydrogen) atoms. The lowest BCUT2D eigenvalue weighted by Crippen LogP contribution is -2.45. The van der Waals surface area contributed by atoms with Gasteiger partial charge in [0, 0.05) is 45.3 Å². The van der Waals surface area contributed by atoms with Gasteiger partial charge < -0.3 is 10.6 Å². The predicted molar refractivity (Wildman–Crippen MR) is 121 cm³/mol. The van der Waals surface area contributed by atoms with E-state index in [-0.39, 0.29) is 0 Å². The summed E-state index contributed by atoms with van der Waals surface area (Å²) in [5.41, 5.74) is 2.28. The lowest BCUT2D eigenvalue weighted by molar-refractivity contribution is 0.245. The molecule has 3 heterocycles. The third-order valence-corrected chi connectivity index (χ3v) is 5.71. The first-order chi connectivity index (χ1) is 14.8. The van der Waals surface area contributed by atoms with Crippen molar-refractivity contribution in [1.82, 2.24) is 30.1 Å². The monoisotopic (exact) mass is 405 g/mol. The number of rotatable bonds is 8. The highest BCUT2D eigenvalue weighted by molar-refractivity contribution is 5.79. The average molecular weight is 406 g/mol. The highest BCUT2D eigenvalue weighted by Gasteiger charge is 2.24. The number of guanidine groups is 1. The Bertz CT molecular complexity index is 950. The first kappa shape index (κ1) is 20.3. The highest BCUT2D eigenvalue weighted by atomic mass is 15.2. The molecule has 1 unspecified atom stereocenters. The van der Waals surface area contributed by atoms with Crippen LogP contribution in [0.15, 0.2) is 59.7 Å². The third-order valence-electron chi connectivity index (χ3n) is 5.71. The second-order valence-corrected chi connectivity index (χ2v) is 7.78. The second-order valence-electron chi connectivity index (χ2n) is 7.78. The number of hydrogen-bond acceptors (Lipinski definition) is 4. The fourth-order valence-electron chi connectivity index (χ4n) is 4.10. The number of nitrogens with zero attached hydrogens (tertiary/aromatic N) is 5. The Morgan fingerprint density at radius 1 is 1.10 bits per heavy atom. The van der Waals surface area contributed by atoms with Gasteiger partial charge in [0.25, 0.3) is 0 Å². The maximum atomic E-state index is 4.39. The smallest absolute Gasteiger partial charge is 0.191 e. The van der Waals surface area contributed by atoms with Gasteiger partial charge in [0.05, 0.1) is 0 Å². The maximum absolute atomic E-state index is 4.39. The van der Waals surface area contributed by atoms with Gasteiger partial charge in [0.2, 0.25) is 0 Å². The van der Waals surface area contributed by atoms with E-state index in [1.807, 2.05) is 31.4 Å². The molecule has 2 aromatic heterocycles. The van der Waals surface area contributed by atoms with Crippen LogP contribution in [0.5, 0.6) is 0 Å². The highest BCUT2D eigenvalue weighted by Crippen LogP contribution is 2.19. The van der Waals surface area contributed by atoms with E-state index in [9.17, 15) is 0 Å². The van der Waals surface area contributed by atoms with Crippen LogP contribution in [-0.2, 0) is 13.0 Å². The van der Waals surface area contributed by atoms with Crippen molar-refractivity contribution in [2.75, 3.05) is 26.7 Å². The number of nitrogens with one attached hydrogen (secondary N) is 2. The zero-order valence-corrected chi connectivity index (χ0v) is 17.7. The van der Waals surface area contributed by atoms with E-state index in [2.05, 4.69) is 65.5 Å². The molecule has 1 atom stereocenters. The molecule has 0 amide bonds. The molecule has 2 N–H and O–H groups in total. The molecule has 4 rings (SSSR count). The number of fused-ring (bicyclic) bond motifs is 1. The fraction of sp³-hybridized carbons (Fsp3) is 0.435. The lowest BCUT2D eigenvalue weighted by atomic mass is 10.2. The van der Waals surface area contributed by atoms with E-state index in [4.69, 9.17) is 0 Å². The van der Waals surface area contributed by atoms with Gasteiger partial charge in [-0.1, -0.05) is 36.4 Å². The van der Waals surface area contributed by atoms with Crippen LogP contribution in [0.25, 0.3) is 5.65 Å². The molecule has 1 aliphatic rings. The number of aryl methyl sites for hydroxylation is 1. The summed E-state index contributed by atoms with van der Waals surface area (Å²) >= 11 is 0. The SMILES string of the molecule is CN=C(NCCCc1nnc2ccccn12)NCC1CCCN1Cc1ccccc1. The molecule has 7 heteroatoms. The van der Waals surface area contributed by atoms with Crippen molar-refractivity contribution in [3.63, 3.8) is 0 Å². The van der Waals surface area contributed by atoms with Crippen LogP contribution < -0.4 is 10.6 Å². The summed E-state index contributed by atoms with van der Waals surface area (Å²) in [6.07, 6.45) is 6.36. The van der Waals surface area contributed by atoms with Crippen molar-refractivity contribution in [3.05, 3.63) is 66.1 Å². The molecule has 1 fully saturated rings. The lowest BCUT2D eigenvalue weighted by Gasteiger charge is -2.25. The molecule has 158 valence electrons. The summed E-state index contributed by atoms with van der Waals surface area (Å²) in [6.45, 7) is 3.95. The molecule has 1 aromatic carbocycles. The van der Waals surface area contributed by atoms with Crippen molar-refractivity contribution < 1.29 is 0 Å². The standard InChI is InChI=1S/C23H31N7/c1-24-23(25-14-7-13-22-28-27-21-12-5-6-16-30(21)22)26-17-20-11-8-15-29(20)18-19-9-3-2-4-10-19/h2-6,9-10,12,16,20H,7-8,11,13-15,17-18H2,1H3,(H2,24,25,26). The minimum atomic E-state index is 0.547. The van der Waals surface area contributed by atoms with Crippen molar-refractivity contribution in [2.24, 2.45) is 4.99 Å². The zero-order chi connectivity index (χ0) is 20.6. The van der Waals surface area contributed by atoms with Crippen LogP contribution in [0.4, 0.5) is 0 Å². The summed E-state index contributed by atoms with van der Waals surface area (Å²) in [5, 5.41) is 15.5. The number of likely N-dealkylation sites (tertiary alicyclic amines) is 1. The summed E-state index contributed by atoms with van der Waals surface area (Å²) in [7, 11) is 1.83. The van der Waals surface area contributed by atoms with Gasteiger partial charge in [-0.05, 0) is 43.5 Å². The van der Waals surface area contributed by atoms with Crippen molar-refractivity contribution in [1.29, 1.82) is 0 Å². The molecule has 0 bridgehead atoms.